The number of hydrogen-bond acceptors (Lipinski definition) is 3. The van der Waals surface area contributed by atoms with Crippen LogP contribution in [0, 0.1) is 13.8 Å². The maximum atomic E-state index is 6.00. The van der Waals surface area contributed by atoms with Crippen LogP contribution in [-0.4, -0.2) is 20.9 Å². The Balaban J connectivity index is 0.00000121. The van der Waals surface area contributed by atoms with E-state index in [1.54, 1.807) is 6.33 Å². The molecule has 0 bridgehead atoms. The second-order valence-electron chi connectivity index (χ2n) is 4.81. The molecular formula is C16H18ClN3O2. The van der Waals surface area contributed by atoms with Gasteiger partial charge in [-0.15, -0.1) is 0 Å². The van der Waals surface area contributed by atoms with Gasteiger partial charge in [-0.2, -0.15) is 0 Å². The van der Waals surface area contributed by atoms with Gasteiger partial charge in [0.2, 0.25) is 0 Å². The predicted octanol–water partition coefficient (Wildman–Crippen LogP) is 2.99. The molecule has 5 nitrogen and oxygen atoms in total. The molecule has 0 saturated carbocycles. The van der Waals surface area contributed by atoms with E-state index in [9.17, 15) is 0 Å². The van der Waals surface area contributed by atoms with Crippen LogP contribution in [0.25, 0.3) is 10.9 Å². The lowest BCUT2D eigenvalue weighted by Crippen LogP contribution is -1.97. The molecular weight excluding hydrogens is 302 g/mol. The molecule has 0 unspecified atom stereocenters. The van der Waals surface area contributed by atoms with Crippen molar-refractivity contribution in [3.05, 3.63) is 58.9 Å². The quantitative estimate of drug-likeness (QED) is 0.785. The largest absolute Gasteiger partial charge is 0.412 e. The van der Waals surface area contributed by atoms with Crippen molar-refractivity contribution in [2.75, 3.05) is 5.32 Å². The minimum absolute atomic E-state index is 0. The van der Waals surface area contributed by atoms with Crippen molar-refractivity contribution in [2.45, 2.75) is 13.8 Å². The molecule has 5 N–H and O–H groups in total. The highest BCUT2D eigenvalue weighted by atomic mass is 35.5. The molecule has 22 heavy (non-hydrogen) atoms. The lowest BCUT2D eigenvalue weighted by molar-refractivity contribution is 0.823. The fraction of sp³-hybridized carbons (Fsp3) is 0.125. The number of rotatable bonds is 2. The summed E-state index contributed by atoms with van der Waals surface area (Å²) in [7, 11) is 0. The molecule has 0 aliphatic heterocycles. The van der Waals surface area contributed by atoms with Crippen LogP contribution in [0.15, 0.2) is 42.7 Å². The Bertz CT molecular complexity index is 793. The zero-order chi connectivity index (χ0) is 14.1. The number of hydrogen-bond donors (Lipinski definition) is 1. The standard InChI is InChI=1S/C16H14ClN3.2H2O/c1-10-6-14-15(7-11(10)2)18-9-19-16(14)20-13-5-3-4-12(17)8-13;;/h3-9H,1-2H3,(H,18,19,20);2*1H2. The normalized spacial score (nSPS) is 9.77. The van der Waals surface area contributed by atoms with Gasteiger partial charge in [0.05, 0.1) is 5.52 Å². The smallest absolute Gasteiger partial charge is 0.141 e. The summed E-state index contributed by atoms with van der Waals surface area (Å²) >= 11 is 6.00. The van der Waals surface area contributed by atoms with Gasteiger partial charge in [0.1, 0.15) is 12.1 Å². The summed E-state index contributed by atoms with van der Waals surface area (Å²) in [6.45, 7) is 4.17. The third-order valence-electron chi connectivity index (χ3n) is 3.34. The first-order valence-corrected chi connectivity index (χ1v) is 6.76. The number of nitrogens with zero attached hydrogens (tertiary/aromatic N) is 2. The van der Waals surface area contributed by atoms with Gasteiger partial charge in [-0.3, -0.25) is 0 Å². The van der Waals surface area contributed by atoms with E-state index >= 15 is 0 Å². The second kappa shape index (κ2) is 7.17. The average Bonchev–Trinajstić information content (AvgIpc) is 2.41. The van der Waals surface area contributed by atoms with Crippen LogP contribution < -0.4 is 5.32 Å². The van der Waals surface area contributed by atoms with Crippen molar-refractivity contribution in [1.82, 2.24) is 9.97 Å². The third-order valence-corrected chi connectivity index (χ3v) is 3.57. The number of anilines is 2. The Hall–Kier alpha value is -2.21. The SMILES string of the molecule is Cc1cc2ncnc(Nc3cccc(Cl)c3)c2cc1C.O.O. The summed E-state index contributed by atoms with van der Waals surface area (Å²) in [6.07, 6.45) is 1.57. The zero-order valence-electron chi connectivity index (χ0n) is 12.3. The molecule has 1 heterocycles. The number of aromatic nitrogens is 2. The van der Waals surface area contributed by atoms with E-state index in [1.165, 1.54) is 11.1 Å². The van der Waals surface area contributed by atoms with Crippen molar-refractivity contribution in [2.24, 2.45) is 0 Å². The Morgan fingerprint density at radius 1 is 0.955 bits per heavy atom. The lowest BCUT2D eigenvalue weighted by atomic mass is 10.1. The van der Waals surface area contributed by atoms with Crippen molar-refractivity contribution in [3.63, 3.8) is 0 Å². The van der Waals surface area contributed by atoms with Crippen LogP contribution in [0.2, 0.25) is 5.02 Å². The van der Waals surface area contributed by atoms with Crippen molar-refractivity contribution in [1.29, 1.82) is 0 Å². The van der Waals surface area contributed by atoms with Crippen LogP contribution >= 0.6 is 11.6 Å². The molecule has 3 rings (SSSR count). The van der Waals surface area contributed by atoms with Crippen molar-refractivity contribution < 1.29 is 11.0 Å². The topological polar surface area (TPSA) is 101 Å². The fourth-order valence-corrected chi connectivity index (χ4v) is 2.31. The van der Waals surface area contributed by atoms with Gasteiger partial charge >= 0.3 is 0 Å². The molecule has 3 aromatic rings. The summed E-state index contributed by atoms with van der Waals surface area (Å²) in [5, 5.41) is 5.00. The van der Waals surface area contributed by atoms with E-state index in [0.29, 0.717) is 5.02 Å². The van der Waals surface area contributed by atoms with Gasteiger partial charge in [0.25, 0.3) is 0 Å². The van der Waals surface area contributed by atoms with Crippen LogP contribution in [-0.2, 0) is 0 Å². The minimum Gasteiger partial charge on any atom is -0.412 e. The number of halogens is 1. The first-order valence-electron chi connectivity index (χ1n) is 6.38. The molecule has 0 aliphatic rings. The fourth-order valence-electron chi connectivity index (χ4n) is 2.12. The van der Waals surface area contributed by atoms with Crippen LogP contribution in [0.5, 0.6) is 0 Å². The Morgan fingerprint density at radius 2 is 1.68 bits per heavy atom. The van der Waals surface area contributed by atoms with Gasteiger partial charge in [-0.05, 0) is 55.3 Å². The average molecular weight is 320 g/mol. The Kier molecular flexibility index (Phi) is 5.82. The molecule has 116 valence electrons. The van der Waals surface area contributed by atoms with E-state index in [1.807, 2.05) is 24.3 Å². The summed E-state index contributed by atoms with van der Waals surface area (Å²) < 4.78 is 0. The monoisotopic (exact) mass is 319 g/mol. The summed E-state index contributed by atoms with van der Waals surface area (Å²) in [5.41, 5.74) is 4.30. The van der Waals surface area contributed by atoms with E-state index in [4.69, 9.17) is 11.6 Å². The summed E-state index contributed by atoms with van der Waals surface area (Å²) in [6, 6.07) is 11.8. The number of aryl methyl sites for hydroxylation is 2. The van der Waals surface area contributed by atoms with Gasteiger partial charge < -0.3 is 16.3 Å². The highest BCUT2D eigenvalue weighted by Crippen LogP contribution is 2.26. The highest BCUT2D eigenvalue weighted by Gasteiger charge is 2.06. The summed E-state index contributed by atoms with van der Waals surface area (Å²) in [5.74, 6) is 0.792. The van der Waals surface area contributed by atoms with Crippen molar-refractivity contribution in [3.8, 4) is 0 Å². The molecule has 0 amide bonds. The summed E-state index contributed by atoms with van der Waals surface area (Å²) in [4.78, 5) is 8.66. The number of benzene rings is 2. The van der Waals surface area contributed by atoms with Crippen LogP contribution in [0.3, 0.4) is 0 Å². The van der Waals surface area contributed by atoms with Gasteiger partial charge in [-0.25, -0.2) is 9.97 Å². The highest BCUT2D eigenvalue weighted by molar-refractivity contribution is 6.30. The zero-order valence-corrected chi connectivity index (χ0v) is 13.1. The van der Waals surface area contributed by atoms with E-state index in [2.05, 4.69) is 41.3 Å². The molecule has 0 aliphatic carbocycles. The first-order chi connectivity index (χ1) is 9.63. The predicted molar refractivity (Wildman–Crippen MR) is 91.0 cm³/mol. The third kappa shape index (κ3) is 3.51. The van der Waals surface area contributed by atoms with Crippen molar-refractivity contribution >= 4 is 34.0 Å². The molecule has 0 saturated heterocycles. The second-order valence-corrected chi connectivity index (χ2v) is 5.25. The van der Waals surface area contributed by atoms with E-state index < -0.39 is 0 Å². The molecule has 0 fully saturated rings. The lowest BCUT2D eigenvalue weighted by Gasteiger charge is -2.10. The molecule has 0 radical (unpaired) electrons. The molecule has 0 atom stereocenters. The maximum absolute atomic E-state index is 6.00. The van der Waals surface area contributed by atoms with Crippen LogP contribution in [0.4, 0.5) is 11.5 Å². The molecule has 2 aromatic carbocycles. The first kappa shape index (κ1) is 17.8. The van der Waals surface area contributed by atoms with E-state index in [-0.39, 0.29) is 11.0 Å². The maximum Gasteiger partial charge on any atom is 0.141 e. The van der Waals surface area contributed by atoms with Crippen LogP contribution in [0.1, 0.15) is 11.1 Å². The number of nitrogens with one attached hydrogen (secondary N) is 1. The Labute approximate surface area is 133 Å². The number of fused-ring (bicyclic) bond motifs is 1. The van der Waals surface area contributed by atoms with Gasteiger partial charge in [0.15, 0.2) is 0 Å². The Morgan fingerprint density at radius 3 is 2.41 bits per heavy atom. The van der Waals surface area contributed by atoms with E-state index in [0.717, 1.165) is 22.4 Å². The van der Waals surface area contributed by atoms with Gasteiger partial charge in [0, 0.05) is 16.1 Å². The molecule has 1 aromatic heterocycles. The minimum atomic E-state index is 0. The molecule has 0 spiro atoms. The molecule has 6 heteroatoms. The van der Waals surface area contributed by atoms with Gasteiger partial charge in [-0.1, -0.05) is 17.7 Å².